The quantitative estimate of drug-likeness (QED) is 0.847. The van der Waals surface area contributed by atoms with E-state index in [4.69, 9.17) is 5.11 Å². The van der Waals surface area contributed by atoms with Crippen LogP contribution in [0.4, 0.5) is 5.69 Å². The second-order valence-corrected chi connectivity index (χ2v) is 3.92. The molecule has 0 aliphatic heterocycles. The molecule has 1 aromatic carbocycles. The Labute approximate surface area is 99.5 Å². The summed E-state index contributed by atoms with van der Waals surface area (Å²) in [5.41, 5.74) is 2.41. The molecule has 0 amide bonds. The first kappa shape index (κ1) is 11.3. The van der Waals surface area contributed by atoms with Crippen LogP contribution in [0.15, 0.2) is 42.7 Å². The summed E-state index contributed by atoms with van der Waals surface area (Å²) in [6, 6.07) is 8.77. The van der Waals surface area contributed by atoms with E-state index in [1.54, 1.807) is 24.3 Å². The number of nitrogens with one attached hydrogen (secondary N) is 1. The van der Waals surface area contributed by atoms with Gasteiger partial charge in [-0.3, -0.25) is 0 Å². The molecular weight excluding hydrogens is 216 g/mol. The molecule has 0 spiro atoms. The van der Waals surface area contributed by atoms with Gasteiger partial charge in [-0.1, -0.05) is 0 Å². The number of benzene rings is 1. The van der Waals surface area contributed by atoms with E-state index in [9.17, 15) is 4.79 Å². The van der Waals surface area contributed by atoms with Crippen LogP contribution in [0.3, 0.4) is 0 Å². The Morgan fingerprint density at radius 2 is 2.00 bits per heavy atom. The molecule has 88 valence electrons. The summed E-state index contributed by atoms with van der Waals surface area (Å²) in [5, 5.41) is 12.0. The van der Waals surface area contributed by atoms with Crippen molar-refractivity contribution in [2.45, 2.75) is 6.54 Å². The Balaban J connectivity index is 1.97. The Morgan fingerprint density at radius 3 is 2.53 bits per heavy atom. The van der Waals surface area contributed by atoms with Gasteiger partial charge in [-0.2, -0.15) is 0 Å². The maximum atomic E-state index is 10.7. The van der Waals surface area contributed by atoms with E-state index < -0.39 is 5.97 Å². The SMILES string of the molecule is Cn1ccc(CNc2ccc(C(=O)O)cc2)c1. The van der Waals surface area contributed by atoms with Gasteiger partial charge in [0, 0.05) is 31.7 Å². The summed E-state index contributed by atoms with van der Waals surface area (Å²) in [6.45, 7) is 0.729. The lowest BCUT2D eigenvalue weighted by Crippen LogP contribution is -2.00. The zero-order valence-corrected chi connectivity index (χ0v) is 9.55. The van der Waals surface area contributed by atoms with Gasteiger partial charge < -0.3 is 15.0 Å². The Kier molecular flexibility index (Phi) is 3.14. The van der Waals surface area contributed by atoms with Crippen LogP contribution < -0.4 is 5.32 Å². The van der Waals surface area contributed by atoms with Crippen molar-refractivity contribution < 1.29 is 9.90 Å². The van der Waals surface area contributed by atoms with E-state index in [1.165, 1.54) is 5.56 Å². The highest BCUT2D eigenvalue weighted by molar-refractivity contribution is 5.87. The number of aromatic carboxylic acids is 1. The van der Waals surface area contributed by atoms with Gasteiger partial charge in [0.1, 0.15) is 0 Å². The van der Waals surface area contributed by atoms with Gasteiger partial charge in [0.25, 0.3) is 0 Å². The first-order valence-electron chi connectivity index (χ1n) is 5.33. The zero-order chi connectivity index (χ0) is 12.3. The molecule has 1 aromatic heterocycles. The minimum absolute atomic E-state index is 0.301. The van der Waals surface area contributed by atoms with Crippen molar-refractivity contribution in [3.8, 4) is 0 Å². The number of carbonyl (C=O) groups is 1. The molecule has 4 heteroatoms. The number of carboxylic acid groups (broad SMARTS) is 1. The Hall–Kier alpha value is -2.23. The minimum atomic E-state index is -0.903. The average Bonchev–Trinajstić information content (AvgIpc) is 2.73. The predicted octanol–water partition coefficient (Wildman–Crippen LogP) is 2.34. The summed E-state index contributed by atoms with van der Waals surface area (Å²) in [7, 11) is 1.98. The summed E-state index contributed by atoms with van der Waals surface area (Å²) in [5.74, 6) is -0.903. The van der Waals surface area contributed by atoms with Crippen molar-refractivity contribution in [2.75, 3.05) is 5.32 Å². The van der Waals surface area contributed by atoms with Crippen molar-refractivity contribution in [3.63, 3.8) is 0 Å². The lowest BCUT2D eigenvalue weighted by Gasteiger charge is -2.05. The summed E-state index contributed by atoms with van der Waals surface area (Å²) < 4.78 is 1.99. The van der Waals surface area contributed by atoms with Crippen LogP contribution in [-0.4, -0.2) is 15.6 Å². The zero-order valence-electron chi connectivity index (χ0n) is 9.55. The molecule has 2 N–H and O–H groups in total. The maximum Gasteiger partial charge on any atom is 0.335 e. The molecule has 0 saturated carbocycles. The van der Waals surface area contributed by atoms with Crippen molar-refractivity contribution in [2.24, 2.45) is 7.05 Å². The summed E-state index contributed by atoms with van der Waals surface area (Å²) >= 11 is 0. The van der Waals surface area contributed by atoms with E-state index in [-0.39, 0.29) is 0 Å². The third-order valence-electron chi connectivity index (χ3n) is 2.52. The molecule has 0 saturated heterocycles. The fraction of sp³-hybridized carbons (Fsp3) is 0.154. The standard InChI is InChI=1S/C13H14N2O2/c1-15-7-6-10(9-15)8-14-12-4-2-11(3-5-12)13(16)17/h2-7,9,14H,8H2,1H3,(H,16,17). The van der Waals surface area contributed by atoms with Crippen molar-refractivity contribution in [1.82, 2.24) is 4.57 Å². The molecule has 4 nitrogen and oxygen atoms in total. The predicted molar refractivity (Wildman–Crippen MR) is 66.1 cm³/mol. The summed E-state index contributed by atoms with van der Waals surface area (Å²) in [4.78, 5) is 10.7. The molecular formula is C13H14N2O2. The van der Waals surface area contributed by atoms with Gasteiger partial charge in [0.05, 0.1) is 5.56 Å². The van der Waals surface area contributed by atoms with Crippen molar-refractivity contribution in [3.05, 3.63) is 53.9 Å². The molecule has 0 bridgehead atoms. The van der Waals surface area contributed by atoms with E-state index in [0.717, 1.165) is 12.2 Å². The van der Waals surface area contributed by atoms with Crippen LogP contribution >= 0.6 is 0 Å². The molecule has 2 rings (SSSR count). The van der Waals surface area contributed by atoms with Crippen LogP contribution in [0.1, 0.15) is 15.9 Å². The van der Waals surface area contributed by atoms with Gasteiger partial charge in [-0.05, 0) is 35.9 Å². The molecule has 17 heavy (non-hydrogen) atoms. The molecule has 0 radical (unpaired) electrons. The van der Waals surface area contributed by atoms with Crippen LogP contribution in [-0.2, 0) is 13.6 Å². The largest absolute Gasteiger partial charge is 0.478 e. The number of aromatic nitrogens is 1. The first-order valence-corrected chi connectivity index (χ1v) is 5.33. The average molecular weight is 230 g/mol. The second kappa shape index (κ2) is 4.74. The summed E-state index contributed by atoms with van der Waals surface area (Å²) in [6.07, 6.45) is 4.03. The van der Waals surface area contributed by atoms with Gasteiger partial charge >= 0.3 is 5.97 Å². The normalized spacial score (nSPS) is 10.2. The van der Waals surface area contributed by atoms with Crippen LogP contribution in [0, 0.1) is 0 Å². The number of nitrogens with zero attached hydrogens (tertiary/aromatic N) is 1. The number of aryl methyl sites for hydroxylation is 1. The number of hydrogen-bond acceptors (Lipinski definition) is 2. The van der Waals surface area contributed by atoms with Gasteiger partial charge in [0.2, 0.25) is 0 Å². The van der Waals surface area contributed by atoms with Crippen LogP contribution in [0.25, 0.3) is 0 Å². The highest BCUT2D eigenvalue weighted by Gasteiger charge is 2.01. The molecule has 0 atom stereocenters. The highest BCUT2D eigenvalue weighted by atomic mass is 16.4. The number of anilines is 1. The third-order valence-corrected chi connectivity index (χ3v) is 2.52. The monoisotopic (exact) mass is 230 g/mol. The number of carboxylic acids is 1. The van der Waals surface area contributed by atoms with E-state index >= 15 is 0 Å². The fourth-order valence-corrected chi connectivity index (χ4v) is 1.60. The van der Waals surface area contributed by atoms with Gasteiger partial charge in [0.15, 0.2) is 0 Å². The second-order valence-electron chi connectivity index (χ2n) is 3.92. The van der Waals surface area contributed by atoms with Crippen molar-refractivity contribution >= 4 is 11.7 Å². The van der Waals surface area contributed by atoms with E-state index in [0.29, 0.717) is 5.56 Å². The van der Waals surface area contributed by atoms with E-state index in [1.807, 2.05) is 30.1 Å². The maximum absolute atomic E-state index is 10.7. The lowest BCUT2D eigenvalue weighted by atomic mass is 10.2. The van der Waals surface area contributed by atoms with Crippen LogP contribution in [0.5, 0.6) is 0 Å². The van der Waals surface area contributed by atoms with Gasteiger partial charge in [-0.25, -0.2) is 4.79 Å². The molecule has 0 unspecified atom stereocenters. The smallest absolute Gasteiger partial charge is 0.335 e. The lowest BCUT2D eigenvalue weighted by molar-refractivity contribution is 0.0697. The first-order chi connectivity index (χ1) is 8.15. The van der Waals surface area contributed by atoms with Crippen LogP contribution in [0.2, 0.25) is 0 Å². The third kappa shape index (κ3) is 2.87. The Bertz CT molecular complexity index is 514. The number of hydrogen-bond donors (Lipinski definition) is 2. The Morgan fingerprint density at radius 1 is 1.29 bits per heavy atom. The molecule has 0 fully saturated rings. The molecule has 2 aromatic rings. The molecule has 0 aliphatic rings. The number of rotatable bonds is 4. The van der Waals surface area contributed by atoms with Gasteiger partial charge in [-0.15, -0.1) is 0 Å². The highest BCUT2D eigenvalue weighted by Crippen LogP contribution is 2.11. The minimum Gasteiger partial charge on any atom is -0.478 e. The topological polar surface area (TPSA) is 54.3 Å². The molecule has 0 aliphatic carbocycles. The van der Waals surface area contributed by atoms with Crippen molar-refractivity contribution in [1.29, 1.82) is 0 Å². The fourth-order valence-electron chi connectivity index (χ4n) is 1.60. The van der Waals surface area contributed by atoms with E-state index in [2.05, 4.69) is 5.32 Å². The molecule has 1 heterocycles.